The Labute approximate surface area is 357 Å². The van der Waals surface area contributed by atoms with Gasteiger partial charge in [0.1, 0.15) is 5.82 Å². The lowest BCUT2D eigenvalue weighted by atomic mass is 9.62. The molecule has 61 heavy (non-hydrogen) atoms. The number of aryl methyl sites for hydroxylation is 3. The molecular formula is C57H44N4. The lowest BCUT2D eigenvalue weighted by molar-refractivity contribution is 0.728. The molecule has 0 atom stereocenters. The van der Waals surface area contributed by atoms with Crippen LogP contribution in [0.3, 0.4) is 0 Å². The molecule has 2 aromatic heterocycles. The van der Waals surface area contributed by atoms with Crippen LogP contribution >= 0.6 is 0 Å². The summed E-state index contributed by atoms with van der Waals surface area (Å²) in [6.07, 6.45) is 0. The zero-order valence-corrected chi connectivity index (χ0v) is 34.8. The summed E-state index contributed by atoms with van der Waals surface area (Å²) in [5.41, 5.74) is 18.8. The lowest BCUT2D eigenvalue weighted by Crippen LogP contribution is -2.38. The summed E-state index contributed by atoms with van der Waals surface area (Å²) in [6, 6.07) is 71.2. The zero-order chi connectivity index (χ0) is 41.2. The standard InChI is InChI=1S/C57H44N4/c1-37-26-32-53-49(34-37)57(43-18-9-6-10-19-43,44-20-15-21-46(36-44)61-51-24-13-11-22-47(51)48-23-12-14-25-52(48)61)50-35-38(2)27-33-54(50)60(53)45-30-28-42(29-31-45)56-39(3)55(58-40(4)59-56)41-16-7-5-8-17-41/h5-36H,1-4H3. The molecule has 8 aromatic carbocycles. The summed E-state index contributed by atoms with van der Waals surface area (Å²) in [7, 11) is 0. The molecule has 3 heterocycles. The highest BCUT2D eigenvalue weighted by molar-refractivity contribution is 6.09. The van der Waals surface area contributed by atoms with Gasteiger partial charge in [-0.1, -0.05) is 157 Å². The third-order valence-electron chi connectivity index (χ3n) is 12.6. The molecule has 4 heteroatoms. The number of hydrogen-bond donors (Lipinski definition) is 0. The molecule has 1 aliphatic heterocycles. The maximum Gasteiger partial charge on any atom is 0.126 e. The number of rotatable bonds is 6. The van der Waals surface area contributed by atoms with Crippen molar-refractivity contribution in [3.63, 3.8) is 0 Å². The highest BCUT2D eigenvalue weighted by Gasteiger charge is 2.47. The fourth-order valence-corrected chi connectivity index (χ4v) is 9.95. The van der Waals surface area contributed by atoms with Gasteiger partial charge in [-0.15, -0.1) is 0 Å². The molecule has 11 rings (SSSR count). The van der Waals surface area contributed by atoms with Crippen LogP contribution in [0.4, 0.5) is 17.1 Å². The molecule has 0 bridgehead atoms. The van der Waals surface area contributed by atoms with Gasteiger partial charge in [-0.3, -0.25) is 0 Å². The second kappa shape index (κ2) is 14.3. The number of benzene rings is 8. The monoisotopic (exact) mass is 784 g/mol. The maximum absolute atomic E-state index is 4.98. The lowest BCUT2D eigenvalue weighted by Gasteiger charge is -2.47. The second-order valence-corrected chi connectivity index (χ2v) is 16.4. The summed E-state index contributed by atoms with van der Waals surface area (Å²) < 4.78 is 2.43. The Morgan fingerprint density at radius 2 is 0.918 bits per heavy atom. The van der Waals surface area contributed by atoms with E-state index in [9.17, 15) is 0 Å². The minimum atomic E-state index is -0.640. The van der Waals surface area contributed by atoms with E-state index in [4.69, 9.17) is 9.97 Å². The fraction of sp³-hybridized carbons (Fsp3) is 0.0877. The van der Waals surface area contributed by atoms with E-state index in [1.165, 1.54) is 55.2 Å². The number of fused-ring (bicyclic) bond motifs is 5. The van der Waals surface area contributed by atoms with Crippen LogP contribution in [0.25, 0.3) is 50.0 Å². The molecule has 0 radical (unpaired) electrons. The van der Waals surface area contributed by atoms with Gasteiger partial charge in [0.05, 0.1) is 39.2 Å². The van der Waals surface area contributed by atoms with E-state index in [0.29, 0.717) is 0 Å². The largest absolute Gasteiger partial charge is 0.310 e. The molecule has 0 amide bonds. The van der Waals surface area contributed by atoms with Gasteiger partial charge in [0.2, 0.25) is 0 Å². The van der Waals surface area contributed by atoms with Gasteiger partial charge >= 0.3 is 0 Å². The summed E-state index contributed by atoms with van der Waals surface area (Å²) in [4.78, 5) is 12.3. The van der Waals surface area contributed by atoms with E-state index < -0.39 is 5.41 Å². The summed E-state index contributed by atoms with van der Waals surface area (Å²) in [6.45, 7) is 8.54. The van der Waals surface area contributed by atoms with E-state index in [0.717, 1.165) is 56.7 Å². The van der Waals surface area contributed by atoms with Crippen molar-refractivity contribution in [3.8, 4) is 28.2 Å². The first kappa shape index (κ1) is 36.5. The van der Waals surface area contributed by atoms with Crippen LogP contribution in [0, 0.1) is 27.7 Å². The summed E-state index contributed by atoms with van der Waals surface area (Å²) >= 11 is 0. The van der Waals surface area contributed by atoms with Crippen LogP contribution in [-0.2, 0) is 5.41 Å². The highest BCUT2D eigenvalue weighted by atomic mass is 15.2. The molecular weight excluding hydrogens is 741 g/mol. The second-order valence-electron chi connectivity index (χ2n) is 16.4. The van der Waals surface area contributed by atoms with Crippen LogP contribution in [0.5, 0.6) is 0 Å². The number of nitrogens with zero attached hydrogens (tertiary/aromatic N) is 4. The SMILES string of the molecule is Cc1ccc2c(c1)C(c1ccccc1)(c1cccc(-n3c4ccccc4c4ccccc43)c1)c1cc(C)ccc1N2c1ccc(-c2nc(C)nc(-c3ccccc3)c2C)cc1. The van der Waals surface area contributed by atoms with Crippen LogP contribution in [0.2, 0.25) is 0 Å². The Hall–Kier alpha value is -7.56. The van der Waals surface area contributed by atoms with Crippen molar-refractivity contribution in [1.29, 1.82) is 0 Å². The van der Waals surface area contributed by atoms with Crippen molar-refractivity contribution in [2.24, 2.45) is 0 Å². The highest BCUT2D eigenvalue weighted by Crippen LogP contribution is 2.58. The van der Waals surface area contributed by atoms with Crippen molar-refractivity contribution in [1.82, 2.24) is 14.5 Å². The van der Waals surface area contributed by atoms with E-state index >= 15 is 0 Å². The summed E-state index contributed by atoms with van der Waals surface area (Å²) in [5, 5.41) is 2.51. The van der Waals surface area contributed by atoms with Crippen molar-refractivity contribution < 1.29 is 0 Å². The van der Waals surface area contributed by atoms with Gasteiger partial charge in [-0.25, -0.2) is 9.97 Å². The third-order valence-corrected chi connectivity index (χ3v) is 12.6. The van der Waals surface area contributed by atoms with Gasteiger partial charge in [-0.2, -0.15) is 0 Å². The molecule has 0 spiro atoms. The van der Waals surface area contributed by atoms with Crippen molar-refractivity contribution >= 4 is 38.9 Å². The quantitative estimate of drug-likeness (QED) is 0.168. The molecule has 1 aliphatic rings. The van der Waals surface area contributed by atoms with E-state index in [2.05, 4.69) is 218 Å². The average molecular weight is 785 g/mol. The van der Waals surface area contributed by atoms with Gasteiger partial charge in [0.15, 0.2) is 0 Å². The zero-order valence-electron chi connectivity index (χ0n) is 34.8. The minimum absolute atomic E-state index is 0.640. The van der Waals surface area contributed by atoms with Crippen LogP contribution < -0.4 is 4.90 Å². The van der Waals surface area contributed by atoms with Crippen molar-refractivity contribution in [2.45, 2.75) is 33.1 Å². The predicted molar refractivity (Wildman–Crippen MR) is 253 cm³/mol. The Balaban J connectivity index is 1.13. The van der Waals surface area contributed by atoms with Gasteiger partial charge in [0, 0.05) is 38.8 Å². The van der Waals surface area contributed by atoms with Gasteiger partial charge < -0.3 is 9.47 Å². The molecule has 0 N–H and O–H groups in total. The Morgan fingerprint density at radius 1 is 0.410 bits per heavy atom. The smallest absolute Gasteiger partial charge is 0.126 e. The minimum Gasteiger partial charge on any atom is -0.310 e. The topological polar surface area (TPSA) is 34.0 Å². The maximum atomic E-state index is 4.98. The number of hydrogen-bond acceptors (Lipinski definition) is 3. The molecule has 292 valence electrons. The van der Waals surface area contributed by atoms with Crippen LogP contribution in [0.1, 0.15) is 44.8 Å². The van der Waals surface area contributed by atoms with Crippen LogP contribution in [0.15, 0.2) is 194 Å². The fourth-order valence-electron chi connectivity index (χ4n) is 9.95. The molecule has 10 aromatic rings. The van der Waals surface area contributed by atoms with Crippen molar-refractivity contribution in [2.75, 3.05) is 4.90 Å². The normalized spacial score (nSPS) is 13.0. The Kier molecular flexibility index (Phi) is 8.57. The average Bonchev–Trinajstić information content (AvgIpc) is 3.64. The third kappa shape index (κ3) is 5.74. The Bertz CT molecular complexity index is 3180. The first-order valence-corrected chi connectivity index (χ1v) is 21.1. The summed E-state index contributed by atoms with van der Waals surface area (Å²) in [5.74, 6) is 0.757. The Morgan fingerprint density at radius 3 is 1.51 bits per heavy atom. The molecule has 0 saturated heterocycles. The van der Waals surface area contributed by atoms with Crippen molar-refractivity contribution in [3.05, 3.63) is 239 Å². The van der Waals surface area contributed by atoms with E-state index in [1.807, 2.05) is 13.0 Å². The number of aromatic nitrogens is 3. The van der Waals surface area contributed by atoms with E-state index in [1.54, 1.807) is 0 Å². The van der Waals surface area contributed by atoms with Gasteiger partial charge in [0.25, 0.3) is 0 Å². The first-order chi connectivity index (χ1) is 29.9. The number of para-hydroxylation sites is 2. The molecule has 0 aliphatic carbocycles. The predicted octanol–water partition coefficient (Wildman–Crippen LogP) is 14.3. The first-order valence-electron chi connectivity index (χ1n) is 21.1. The molecule has 4 nitrogen and oxygen atoms in total. The molecule has 0 fully saturated rings. The number of anilines is 3. The van der Waals surface area contributed by atoms with E-state index in [-0.39, 0.29) is 0 Å². The van der Waals surface area contributed by atoms with Gasteiger partial charge in [-0.05, 0) is 98.5 Å². The molecule has 0 unspecified atom stereocenters. The molecule has 0 saturated carbocycles. The van der Waals surface area contributed by atoms with Crippen LogP contribution in [-0.4, -0.2) is 14.5 Å².